The third kappa shape index (κ3) is 4.02. The topological polar surface area (TPSA) is 79.2 Å². The van der Waals surface area contributed by atoms with Crippen molar-refractivity contribution in [3.05, 3.63) is 51.7 Å². The number of hydrogen-bond donors (Lipinski definition) is 3. The Hall–Kier alpha value is -1.51. The predicted molar refractivity (Wildman–Crippen MR) is 91.6 cm³/mol. The van der Waals surface area contributed by atoms with Crippen LogP contribution in [0.2, 0.25) is 0 Å². The van der Waals surface area contributed by atoms with E-state index in [-0.39, 0.29) is 0 Å². The van der Waals surface area contributed by atoms with Gasteiger partial charge >= 0.3 is 0 Å². The van der Waals surface area contributed by atoms with E-state index in [2.05, 4.69) is 0 Å². The minimum atomic E-state index is -1.87. The summed E-state index contributed by atoms with van der Waals surface area (Å²) < 4.78 is 24.8. The molecular formula is C18H21FO5S. The number of aliphatic hydroxyl groups excluding tert-OH is 3. The monoisotopic (exact) mass is 368 g/mol. The zero-order chi connectivity index (χ0) is 18.0. The van der Waals surface area contributed by atoms with E-state index in [1.165, 1.54) is 16.9 Å². The lowest BCUT2D eigenvalue weighted by atomic mass is 10.0. The lowest BCUT2D eigenvalue weighted by molar-refractivity contribution is -0.265. The summed E-state index contributed by atoms with van der Waals surface area (Å²) in [6.07, 6.45) is -6.91. The summed E-state index contributed by atoms with van der Waals surface area (Å²) in [5.41, 5.74) is 2.29. The molecule has 5 unspecified atom stereocenters. The molecule has 0 bridgehead atoms. The lowest BCUT2D eigenvalue weighted by Crippen LogP contribution is -2.58. The molecule has 5 atom stereocenters. The van der Waals surface area contributed by atoms with Crippen LogP contribution in [0.15, 0.2) is 35.7 Å². The van der Waals surface area contributed by atoms with Crippen LogP contribution in [0.4, 0.5) is 4.39 Å². The first-order chi connectivity index (χ1) is 12.0. The normalized spacial score (nSPS) is 29.6. The highest BCUT2D eigenvalue weighted by Gasteiger charge is 2.46. The van der Waals surface area contributed by atoms with Crippen molar-refractivity contribution in [1.29, 1.82) is 0 Å². The summed E-state index contributed by atoms with van der Waals surface area (Å²) in [4.78, 5) is 0.928. The summed E-state index contributed by atoms with van der Waals surface area (Å²) in [5.74, 6) is 0.510. The van der Waals surface area contributed by atoms with Crippen LogP contribution >= 0.6 is 11.3 Å². The summed E-state index contributed by atoms with van der Waals surface area (Å²) >= 11 is 1.50. The molecule has 3 N–H and O–H groups in total. The van der Waals surface area contributed by atoms with E-state index >= 15 is 0 Å². The Morgan fingerprint density at radius 1 is 1.16 bits per heavy atom. The van der Waals surface area contributed by atoms with E-state index in [4.69, 9.17) is 14.6 Å². The first-order valence-electron chi connectivity index (χ1n) is 8.04. The molecule has 1 aliphatic heterocycles. The fourth-order valence-electron chi connectivity index (χ4n) is 2.72. The third-order valence-electron chi connectivity index (χ3n) is 4.23. The van der Waals surface area contributed by atoms with Gasteiger partial charge in [-0.05, 0) is 23.9 Å². The third-order valence-corrected chi connectivity index (χ3v) is 5.13. The number of hydrogen-bond acceptors (Lipinski definition) is 6. The van der Waals surface area contributed by atoms with Gasteiger partial charge in [-0.3, -0.25) is 0 Å². The van der Waals surface area contributed by atoms with Crippen molar-refractivity contribution in [2.24, 2.45) is 0 Å². The fraction of sp³-hybridized carbons (Fsp3) is 0.444. The predicted octanol–water partition coefficient (Wildman–Crippen LogP) is 1.80. The van der Waals surface area contributed by atoms with Gasteiger partial charge in [-0.1, -0.05) is 29.8 Å². The molecular weight excluding hydrogens is 347 g/mol. The maximum Gasteiger partial charge on any atom is 0.229 e. The molecule has 1 fully saturated rings. The second-order valence-electron chi connectivity index (χ2n) is 6.14. The van der Waals surface area contributed by atoms with Crippen molar-refractivity contribution in [2.45, 2.75) is 44.1 Å². The molecule has 2 heterocycles. The van der Waals surface area contributed by atoms with Crippen LogP contribution in [0.1, 0.15) is 16.0 Å². The van der Waals surface area contributed by atoms with Gasteiger partial charge in [0.15, 0.2) is 6.17 Å². The van der Waals surface area contributed by atoms with E-state index in [1.807, 2.05) is 36.6 Å². The summed E-state index contributed by atoms with van der Waals surface area (Å²) in [5, 5.41) is 30.8. The maximum atomic E-state index is 13.8. The molecule has 1 aliphatic rings. The van der Waals surface area contributed by atoms with Gasteiger partial charge in [-0.15, -0.1) is 11.3 Å². The number of ether oxygens (including phenoxy) is 2. The van der Waals surface area contributed by atoms with Crippen molar-refractivity contribution < 1.29 is 29.2 Å². The highest BCUT2D eigenvalue weighted by molar-refractivity contribution is 7.10. The molecule has 0 amide bonds. The van der Waals surface area contributed by atoms with Crippen LogP contribution in [0.3, 0.4) is 0 Å². The average Bonchev–Trinajstić information content (AvgIpc) is 3.04. The smallest absolute Gasteiger partial charge is 0.229 e. The SMILES string of the molecule is Cc1ccc(Cc2sccc2OC2OC(CO)C(F)C(O)C2O)cc1. The van der Waals surface area contributed by atoms with Crippen molar-refractivity contribution in [2.75, 3.05) is 6.61 Å². The summed E-state index contributed by atoms with van der Waals surface area (Å²) in [6, 6.07) is 9.86. The molecule has 5 nitrogen and oxygen atoms in total. The molecule has 0 radical (unpaired) electrons. The molecule has 0 spiro atoms. The fourth-order valence-corrected chi connectivity index (χ4v) is 3.56. The first kappa shape index (κ1) is 18.3. The van der Waals surface area contributed by atoms with Gasteiger partial charge in [0.2, 0.25) is 6.29 Å². The molecule has 0 aliphatic carbocycles. The lowest BCUT2D eigenvalue weighted by Gasteiger charge is -2.38. The Balaban J connectivity index is 1.73. The van der Waals surface area contributed by atoms with Crippen molar-refractivity contribution in [3.63, 3.8) is 0 Å². The minimum absolute atomic E-state index is 0.510. The summed E-state index contributed by atoms with van der Waals surface area (Å²) in [7, 11) is 0. The zero-order valence-electron chi connectivity index (χ0n) is 13.7. The van der Waals surface area contributed by atoms with E-state index in [0.717, 1.165) is 10.4 Å². The van der Waals surface area contributed by atoms with Gasteiger partial charge in [0.05, 0.1) is 11.5 Å². The number of benzene rings is 1. The number of aryl methyl sites for hydroxylation is 1. The van der Waals surface area contributed by atoms with E-state index in [9.17, 15) is 14.6 Å². The van der Waals surface area contributed by atoms with Gasteiger partial charge in [0.1, 0.15) is 24.1 Å². The van der Waals surface area contributed by atoms with E-state index in [0.29, 0.717) is 12.2 Å². The Labute approximate surface area is 149 Å². The molecule has 136 valence electrons. The first-order valence-corrected chi connectivity index (χ1v) is 8.92. The second-order valence-corrected chi connectivity index (χ2v) is 7.14. The molecule has 3 rings (SSSR count). The number of rotatable bonds is 5. The zero-order valence-corrected chi connectivity index (χ0v) is 14.5. The molecule has 0 saturated carbocycles. The molecule has 1 aromatic carbocycles. The Bertz CT molecular complexity index is 687. The quantitative estimate of drug-likeness (QED) is 0.750. The molecule has 7 heteroatoms. The summed E-state index contributed by atoms with van der Waals surface area (Å²) in [6.45, 7) is 1.41. The number of aliphatic hydroxyl groups is 3. The molecule has 1 saturated heterocycles. The highest BCUT2D eigenvalue weighted by Crippen LogP contribution is 2.32. The number of halogens is 1. The van der Waals surface area contributed by atoms with Crippen molar-refractivity contribution in [1.82, 2.24) is 0 Å². The molecule has 25 heavy (non-hydrogen) atoms. The van der Waals surface area contributed by atoms with Crippen molar-refractivity contribution in [3.8, 4) is 5.75 Å². The Morgan fingerprint density at radius 3 is 2.56 bits per heavy atom. The van der Waals surface area contributed by atoms with Crippen LogP contribution in [0.5, 0.6) is 5.75 Å². The van der Waals surface area contributed by atoms with Gasteiger partial charge in [0.25, 0.3) is 0 Å². The Morgan fingerprint density at radius 2 is 1.88 bits per heavy atom. The van der Waals surface area contributed by atoms with Crippen LogP contribution in [-0.2, 0) is 11.2 Å². The van der Waals surface area contributed by atoms with Crippen LogP contribution < -0.4 is 4.74 Å². The largest absolute Gasteiger partial charge is 0.461 e. The number of thiophene rings is 1. The van der Waals surface area contributed by atoms with Crippen LogP contribution in [0, 0.1) is 6.92 Å². The Kier molecular flexibility index (Phi) is 5.71. The average molecular weight is 368 g/mol. The van der Waals surface area contributed by atoms with Crippen LogP contribution in [-0.4, -0.2) is 52.7 Å². The molecule has 1 aromatic heterocycles. The molecule has 2 aromatic rings. The van der Waals surface area contributed by atoms with Gasteiger partial charge in [-0.2, -0.15) is 0 Å². The standard InChI is InChI=1S/C18H21FO5S/c1-10-2-4-11(5-3-10)8-14-12(6-7-25-14)23-18-17(22)16(21)15(19)13(9-20)24-18/h2-7,13,15-18,20-22H,8-9H2,1H3. The highest BCUT2D eigenvalue weighted by atomic mass is 32.1. The van der Waals surface area contributed by atoms with E-state index < -0.39 is 37.4 Å². The second kappa shape index (κ2) is 7.80. The minimum Gasteiger partial charge on any atom is -0.461 e. The van der Waals surface area contributed by atoms with Crippen LogP contribution in [0.25, 0.3) is 0 Å². The van der Waals surface area contributed by atoms with Crippen molar-refractivity contribution >= 4 is 11.3 Å². The van der Waals surface area contributed by atoms with E-state index in [1.54, 1.807) is 6.07 Å². The number of alkyl halides is 1. The van der Waals surface area contributed by atoms with Gasteiger partial charge < -0.3 is 24.8 Å². The van der Waals surface area contributed by atoms with Gasteiger partial charge in [-0.25, -0.2) is 4.39 Å². The maximum absolute atomic E-state index is 13.8. The van der Waals surface area contributed by atoms with Gasteiger partial charge in [0, 0.05) is 6.42 Å².